The fourth-order valence-corrected chi connectivity index (χ4v) is 6.53. The van der Waals surface area contributed by atoms with Crippen LogP contribution in [0.3, 0.4) is 0 Å². The molecule has 1 atom stereocenters. The van der Waals surface area contributed by atoms with Crippen LogP contribution in [0.25, 0.3) is 0 Å². The molecular formula is C44H82O4. The highest BCUT2D eigenvalue weighted by Gasteiger charge is 2.17. The van der Waals surface area contributed by atoms with Crippen LogP contribution in [0.4, 0.5) is 0 Å². The van der Waals surface area contributed by atoms with Crippen molar-refractivity contribution in [2.45, 2.75) is 245 Å². The van der Waals surface area contributed by atoms with Gasteiger partial charge in [0.25, 0.3) is 0 Å². The van der Waals surface area contributed by atoms with Gasteiger partial charge in [0.05, 0.1) is 6.42 Å². The number of ether oxygens (including phenoxy) is 1. The van der Waals surface area contributed by atoms with Gasteiger partial charge in [0.15, 0.2) is 0 Å². The Balaban J connectivity index is 3.59. The first kappa shape index (κ1) is 46.4. The quantitative estimate of drug-likeness (QED) is 0.0400. The van der Waals surface area contributed by atoms with Gasteiger partial charge in [0, 0.05) is 6.42 Å². The van der Waals surface area contributed by atoms with Crippen molar-refractivity contribution in [3.8, 4) is 0 Å². The van der Waals surface area contributed by atoms with Gasteiger partial charge in [-0.25, -0.2) is 0 Å². The molecule has 0 saturated heterocycles. The van der Waals surface area contributed by atoms with Crippen molar-refractivity contribution < 1.29 is 19.4 Å². The average Bonchev–Trinajstić information content (AvgIpc) is 3.06. The van der Waals surface area contributed by atoms with Crippen LogP contribution in [-0.2, 0) is 14.3 Å². The fourth-order valence-electron chi connectivity index (χ4n) is 6.53. The van der Waals surface area contributed by atoms with E-state index in [2.05, 4.69) is 38.2 Å². The third-order valence-corrected chi connectivity index (χ3v) is 9.66. The molecule has 1 unspecified atom stereocenters. The van der Waals surface area contributed by atoms with Crippen LogP contribution in [-0.4, -0.2) is 23.1 Å². The zero-order chi connectivity index (χ0) is 35.0. The Labute approximate surface area is 299 Å². The molecule has 0 aromatic carbocycles. The number of carboxylic acids is 1. The minimum absolute atomic E-state index is 0.0709. The zero-order valence-electron chi connectivity index (χ0n) is 32.3. The van der Waals surface area contributed by atoms with Gasteiger partial charge in [0.2, 0.25) is 0 Å². The van der Waals surface area contributed by atoms with Gasteiger partial charge in [0.1, 0.15) is 6.10 Å². The molecule has 0 saturated carbocycles. The van der Waals surface area contributed by atoms with Crippen LogP contribution in [0.5, 0.6) is 0 Å². The van der Waals surface area contributed by atoms with Crippen molar-refractivity contribution in [1.82, 2.24) is 0 Å². The van der Waals surface area contributed by atoms with Crippen molar-refractivity contribution in [3.05, 3.63) is 24.3 Å². The van der Waals surface area contributed by atoms with Gasteiger partial charge >= 0.3 is 11.9 Å². The first-order chi connectivity index (χ1) is 23.6. The van der Waals surface area contributed by atoms with E-state index in [0.29, 0.717) is 12.8 Å². The van der Waals surface area contributed by atoms with Crippen molar-refractivity contribution in [1.29, 1.82) is 0 Å². The minimum atomic E-state index is -0.877. The van der Waals surface area contributed by atoms with Gasteiger partial charge < -0.3 is 9.84 Å². The lowest BCUT2D eigenvalue weighted by Crippen LogP contribution is -2.21. The molecule has 0 aromatic heterocycles. The number of esters is 1. The Bertz CT molecular complexity index is 727. The molecule has 4 nitrogen and oxygen atoms in total. The van der Waals surface area contributed by atoms with E-state index < -0.39 is 12.1 Å². The van der Waals surface area contributed by atoms with Gasteiger partial charge in [-0.1, -0.05) is 199 Å². The summed E-state index contributed by atoms with van der Waals surface area (Å²) in [4.78, 5) is 23.7. The molecule has 0 heterocycles. The van der Waals surface area contributed by atoms with Crippen LogP contribution in [0.1, 0.15) is 239 Å². The third kappa shape index (κ3) is 38.9. The van der Waals surface area contributed by atoms with Crippen LogP contribution in [0, 0.1) is 0 Å². The first-order valence-electron chi connectivity index (χ1n) is 21.3. The lowest BCUT2D eigenvalue weighted by atomic mass is 10.0. The van der Waals surface area contributed by atoms with Gasteiger partial charge in [-0.05, 0) is 51.4 Å². The summed E-state index contributed by atoms with van der Waals surface area (Å²) >= 11 is 0. The Morgan fingerprint density at radius 2 is 0.833 bits per heavy atom. The second kappa shape index (κ2) is 39.9. The van der Waals surface area contributed by atoms with E-state index in [-0.39, 0.29) is 12.4 Å². The molecule has 4 heteroatoms. The summed E-state index contributed by atoms with van der Waals surface area (Å²) in [6.07, 6.45) is 50.7. The smallest absolute Gasteiger partial charge is 0.307 e. The van der Waals surface area contributed by atoms with E-state index in [4.69, 9.17) is 4.74 Å². The standard InChI is InChI=1S/C44H82O4/c1-3-5-7-9-11-13-15-17-19-20-21-22-23-24-26-28-30-32-34-36-38-40-44(47)48-42(41-43(45)46)39-37-35-33-31-29-27-25-18-16-14-12-10-8-6-4-2/h11,13,17,19,42H,3-10,12,14-16,18,20-41H2,1-2H3,(H,45,46)/b13-11-,19-17-. The second-order valence-corrected chi connectivity index (χ2v) is 14.6. The maximum absolute atomic E-state index is 12.4. The fraction of sp³-hybridized carbons (Fsp3) is 0.864. The topological polar surface area (TPSA) is 63.6 Å². The summed E-state index contributed by atoms with van der Waals surface area (Å²) in [6, 6.07) is 0. The minimum Gasteiger partial charge on any atom is -0.481 e. The Hall–Kier alpha value is -1.58. The van der Waals surface area contributed by atoms with Crippen molar-refractivity contribution >= 4 is 11.9 Å². The maximum Gasteiger partial charge on any atom is 0.307 e. The zero-order valence-corrected chi connectivity index (χ0v) is 32.3. The van der Waals surface area contributed by atoms with Crippen LogP contribution < -0.4 is 0 Å². The number of carboxylic acid groups (broad SMARTS) is 1. The van der Waals surface area contributed by atoms with Crippen LogP contribution in [0.2, 0.25) is 0 Å². The summed E-state index contributed by atoms with van der Waals surface area (Å²) in [7, 11) is 0. The SMILES string of the molecule is CCCCC/C=C\C/C=C\CCCCCCCCCCCCCC(=O)OC(CCCCCCCCCCCCCCCCC)CC(=O)O. The van der Waals surface area contributed by atoms with Crippen LogP contribution >= 0.6 is 0 Å². The number of carbonyl (C=O) groups excluding carboxylic acids is 1. The van der Waals surface area contributed by atoms with E-state index in [0.717, 1.165) is 32.1 Å². The van der Waals surface area contributed by atoms with Crippen molar-refractivity contribution in [3.63, 3.8) is 0 Å². The summed E-state index contributed by atoms with van der Waals surface area (Å²) < 4.78 is 5.60. The largest absolute Gasteiger partial charge is 0.481 e. The Morgan fingerprint density at radius 3 is 1.27 bits per heavy atom. The predicted molar refractivity (Wildman–Crippen MR) is 209 cm³/mol. The molecular weight excluding hydrogens is 592 g/mol. The maximum atomic E-state index is 12.4. The summed E-state index contributed by atoms with van der Waals surface area (Å²) in [5, 5.41) is 9.28. The number of hydrogen-bond donors (Lipinski definition) is 1. The molecule has 0 radical (unpaired) electrons. The highest BCUT2D eigenvalue weighted by atomic mass is 16.5. The van der Waals surface area contributed by atoms with Gasteiger partial charge in [-0.2, -0.15) is 0 Å². The van der Waals surface area contributed by atoms with E-state index in [9.17, 15) is 14.7 Å². The number of hydrogen-bond acceptors (Lipinski definition) is 3. The van der Waals surface area contributed by atoms with E-state index in [1.54, 1.807) is 0 Å². The molecule has 1 N–H and O–H groups in total. The molecule has 0 spiro atoms. The summed E-state index contributed by atoms with van der Waals surface area (Å²) in [5.41, 5.74) is 0. The van der Waals surface area contributed by atoms with E-state index in [1.165, 1.54) is 173 Å². The molecule has 0 aliphatic heterocycles. The van der Waals surface area contributed by atoms with Gasteiger partial charge in [-0.3, -0.25) is 9.59 Å². The molecule has 0 aliphatic carbocycles. The van der Waals surface area contributed by atoms with E-state index in [1.807, 2.05) is 0 Å². The third-order valence-electron chi connectivity index (χ3n) is 9.66. The molecule has 0 aromatic rings. The normalized spacial score (nSPS) is 12.4. The number of aliphatic carboxylic acids is 1. The Morgan fingerprint density at radius 1 is 0.479 bits per heavy atom. The summed E-state index contributed by atoms with van der Waals surface area (Å²) in [5.74, 6) is -1.09. The predicted octanol–water partition coefficient (Wildman–Crippen LogP) is 14.8. The van der Waals surface area contributed by atoms with E-state index >= 15 is 0 Å². The number of rotatable bonds is 39. The number of carbonyl (C=O) groups is 2. The monoisotopic (exact) mass is 675 g/mol. The number of unbranched alkanes of at least 4 members (excludes halogenated alkanes) is 28. The first-order valence-corrected chi connectivity index (χ1v) is 21.3. The highest BCUT2D eigenvalue weighted by molar-refractivity contribution is 5.71. The lowest BCUT2D eigenvalue weighted by Gasteiger charge is -2.16. The molecule has 0 rings (SSSR count). The number of allylic oxidation sites excluding steroid dienone is 4. The average molecular weight is 675 g/mol. The summed E-state index contributed by atoms with van der Waals surface area (Å²) in [6.45, 7) is 4.53. The molecule has 0 bridgehead atoms. The van der Waals surface area contributed by atoms with Gasteiger partial charge in [-0.15, -0.1) is 0 Å². The van der Waals surface area contributed by atoms with Crippen LogP contribution in [0.15, 0.2) is 24.3 Å². The Kier molecular flexibility index (Phi) is 38.5. The second-order valence-electron chi connectivity index (χ2n) is 14.6. The van der Waals surface area contributed by atoms with Crippen molar-refractivity contribution in [2.75, 3.05) is 0 Å². The highest BCUT2D eigenvalue weighted by Crippen LogP contribution is 2.17. The lowest BCUT2D eigenvalue weighted by molar-refractivity contribution is -0.153. The molecule has 0 fully saturated rings. The molecule has 0 aliphatic rings. The molecule has 48 heavy (non-hydrogen) atoms. The van der Waals surface area contributed by atoms with Crippen molar-refractivity contribution in [2.24, 2.45) is 0 Å². The molecule has 0 amide bonds. The molecule has 282 valence electrons.